The molecule has 4 nitrogen and oxygen atoms in total. The van der Waals surface area contributed by atoms with Gasteiger partial charge in [0.15, 0.2) is 0 Å². The number of hydrogen-bond donors (Lipinski definition) is 1. The highest BCUT2D eigenvalue weighted by Crippen LogP contribution is 2.23. The van der Waals surface area contributed by atoms with Crippen molar-refractivity contribution in [3.05, 3.63) is 65.2 Å². The molecule has 126 valence electrons. The van der Waals surface area contributed by atoms with E-state index in [1.165, 1.54) is 16.7 Å². The van der Waals surface area contributed by atoms with E-state index in [9.17, 15) is 4.79 Å². The number of amides is 2. The van der Waals surface area contributed by atoms with Gasteiger partial charge in [-0.15, -0.1) is 0 Å². The van der Waals surface area contributed by atoms with Crippen molar-refractivity contribution in [2.24, 2.45) is 0 Å². The summed E-state index contributed by atoms with van der Waals surface area (Å²) in [6.45, 7) is 2.11. The SMILES string of the molecule is COc1ccc2c(c1)CCCN(C(=O)NCCc1ccccc1)C2. The van der Waals surface area contributed by atoms with Gasteiger partial charge in [0.05, 0.1) is 7.11 Å². The van der Waals surface area contributed by atoms with Crippen LogP contribution in [0.2, 0.25) is 0 Å². The van der Waals surface area contributed by atoms with E-state index < -0.39 is 0 Å². The largest absolute Gasteiger partial charge is 0.497 e. The second kappa shape index (κ2) is 7.86. The summed E-state index contributed by atoms with van der Waals surface area (Å²) >= 11 is 0. The molecule has 0 radical (unpaired) electrons. The Morgan fingerprint density at radius 2 is 2.00 bits per heavy atom. The molecule has 0 unspecified atom stereocenters. The van der Waals surface area contributed by atoms with E-state index in [0.29, 0.717) is 13.1 Å². The maximum absolute atomic E-state index is 12.5. The number of carbonyl (C=O) groups excluding carboxylic acids is 1. The molecular weight excluding hydrogens is 300 g/mol. The van der Waals surface area contributed by atoms with Crippen molar-refractivity contribution in [3.63, 3.8) is 0 Å². The van der Waals surface area contributed by atoms with E-state index in [1.807, 2.05) is 29.2 Å². The fourth-order valence-corrected chi connectivity index (χ4v) is 3.10. The van der Waals surface area contributed by atoms with Gasteiger partial charge in [-0.2, -0.15) is 0 Å². The van der Waals surface area contributed by atoms with Crippen molar-refractivity contribution in [3.8, 4) is 5.75 Å². The lowest BCUT2D eigenvalue weighted by molar-refractivity contribution is 0.196. The van der Waals surface area contributed by atoms with Crippen molar-refractivity contribution in [2.45, 2.75) is 25.8 Å². The Bertz CT molecular complexity index is 685. The quantitative estimate of drug-likeness (QED) is 0.936. The van der Waals surface area contributed by atoms with Crippen molar-refractivity contribution < 1.29 is 9.53 Å². The van der Waals surface area contributed by atoms with Crippen LogP contribution in [0, 0.1) is 0 Å². The standard InChI is InChI=1S/C20H24N2O2/c1-24-19-10-9-18-15-22(13-5-8-17(18)14-19)20(23)21-12-11-16-6-3-2-4-7-16/h2-4,6-7,9-10,14H,5,8,11-13,15H2,1H3,(H,21,23). The monoisotopic (exact) mass is 324 g/mol. The van der Waals surface area contributed by atoms with Gasteiger partial charge in [-0.05, 0) is 48.1 Å². The van der Waals surface area contributed by atoms with E-state index in [4.69, 9.17) is 4.74 Å². The average Bonchev–Trinajstić information content (AvgIpc) is 2.84. The van der Waals surface area contributed by atoms with E-state index in [-0.39, 0.29) is 6.03 Å². The summed E-state index contributed by atoms with van der Waals surface area (Å²) in [5.74, 6) is 0.884. The highest BCUT2D eigenvalue weighted by atomic mass is 16.5. The highest BCUT2D eigenvalue weighted by molar-refractivity contribution is 5.74. The van der Waals surface area contributed by atoms with Crippen molar-refractivity contribution in [1.29, 1.82) is 0 Å². The fourth-order valence-electron chi connectivity index (χ4n) is 3.10. The van der Waals surface area contributed by atoms with Crippen LogP contribution in [0.5, 0.6) is 5.75 Å². The van der Waals surface area contributed by atoms with Crippen LogP contribution in [0.4, 0.5) is 4.79 Å². The Morgan fingerprint density at radius 3 is 2.79 bits per heavy atom. The van der Waals surface area contributed by atoms with Crippen LogP contribution < -0.4 is 10.1 Å². The molecule has 0 bridgehead atoms. The Balaban J connectivity index is 1.57. The van der Waals surface area contributed by atoms with Gasteiger partial charge in [0, 0.05) is 19.6 Å². The molecule has 1 N–H and O–H groups in total. The van der Waals surface area contributed by atoms with Gasteiger partial charge in [0.25, 0.3) is 0 Å². The van der Waals surface area contributed by atoms with Crippen LogP contribution in [0.1, 0.15) is 23.1 Å². The van der Waals surface area contributed by atoms with Crippen LogP contribution in [0.15, 0.2) is 48.5 Å². The molecule has 1 aliphatic heterocycles. The van der Waals surface area contributed by atoms with Gasteiger partial charge in [-0.25, -0.2) is 4.79 Å². The minimum atomic E-state index is 0.0228. The number of carbonyl (C=O) groups is 1. The summed E-state index contributed by atoms with van der Waals surface area (Å²) in [6.07, 6.45) is 2.82. The zero-order valence-electron chi connectivity index (χ0n) is 14.1. The van der Waals surface area contributed by atoms with Crippen LogP contribution >= 0.6 is 0 Å². The molecule has 1 aliphatic rings. The van der Waals surface area contributed by atoms with Gasteiger partial charge in [-0.3, -0.25) is 0 Å². The lowest BCUT2D eigenvalue weighted by Crippen LogP contribution is -2.40. The summed E-state index contributed by atoms with van der Waals surface area (Å²) < 4.78 is 5.30. The number of urea groups is 1. The number of hydrogen-bond acceptors (Lipinski definition) is 2. The van der Waals surface area contributed by atoms with Gasteiger partial charge in [0.1, 0.15) is 5.75 Å². The third-order valence-electron chi connectivity index (χ3n) is 4.47. The zero-order valence-corrected chi connectivity index (χ0v) is 14.1. The summed E-state index contributed by atoms with van der Waals surface area (Å²) in [7, 11) is 1.69. The summed E-state index contributed by atoms with van der Waals surface area (Å²) in [4.78, 5) is 14.4. The molecule has 1 heterocycles. The maximum Gasteiger partial charge on any atom is 0.317 e. The summed E-state index contributed by atoms with van der Waals surface area (Å²) in [5, 5.41) is 3.04. The lowest BCUT2D eigenvalue weighted by atomic mass is 10.0. The number of aryl methyl sites for hydroxylation is 1. The van der Waals surface area contributed by atoms with Crippen LogP contribution in [0.3, 0.4) is 0 Å². The molecule has 0 saturated heterocycles. The first-order valence-electron chi connectivity index (χ1n) is 8.49. The highest BCUT2D eigenvalue weighted by Gasteiger charge is 2.19. The smallest absolute Gasteiger partial charge is 0.317 e. The minimum Gasteiger partial charge on any atom is -0.497 e. The van der Waals surface area contributed by atoms with Crippen LogP contribution in [-0.4, -0.2) is 31.1 Å². The van der Waals surface area contributed by atoms with Gasteiger partial charge < -0.3 is 15.0 Å². The van der Waals surface area contributed by atoms with Gasteiger partial charge in [0.2, 0.25) is 0 Å². The lowest BCUT2D eigenvalue weighted by Gasteiger charge is -2.21. The summed E-state index contributed by atoms with van der Waals surface area (Å²) in [6, 6.07) is 16.4. The number of nitrogens with one attached hydrogen (secondary N) is 1. The third kappa shape index (κ3) is 4.07. The Labute approximate surface area is 143 Å². The van der Waals surface area contributed by atoms with Gasteiger partial charge >= 0.3 is 6.03 Å². The maximum atomic E-state index is 12.5. The molecule has 0 aliphatic carbocycles. The molecule has 2 amide bonds. The summed E-state index contributed by atoms with van der Waals surface area (Å²) in [5.41, 5.74) is 3.74. The average molecular weight is 324 g/mol. The molecule has 2 aromatic rings. The Hall–Kier alpha value is -2.49. The molecular formula is C20H24N2O2. The minimum absolute atomic E-state index is 0.0228. The molecule has 4 heteroatoms. The molecule has 3 rings (SSSR count). The van der Waals surface area contributed by atoms with Crippen molar-refractivity contribution in [2.75, 3.05) is 20.2 Å². The molecule has 0 spiro atoms. The Morgan fingerprint density at radius 1 is 1.17 bits per heavy atom. The predicted molar refractivity (Wildman–Crippen MR) is 95.3 cm³/mol. The van der Waals surface area contributed by atoms with E-state index in [2.05, 4.69) is 29.6 Å². The molecule has 0 fully saturated rings. The first-order valence-corrected chi connectivity index (χ1v) is 8.49. The normalized spacial score (nSPS) is 13.8. The van der Waals surface area contributed by atoms with E-state index in [0.717, 1.165) is 31.6 Å². The second-order valence-electron chi connectivity index (χ2n) is 6.13. The number of ether oxygens (including phenoxy) is 1. The zero-order chi connectivity index (χ0) is 16.8. The molecule has 0 atom stereocenters. The van der Waals surface area contributed by atoms with Gasteiger partial charge in [-0.1, -0.05) is 36.4 Å². The first kappa shape index (κ1) is 16.4. The van der Waals surface area contributed by atoms with E-state index >= 15 is 0 Å². The second-order valence-corrected chi connectivity index (χ2v) is 6.13. The molecule has 0 aromatic heterocycles. The number of fused-ring (bicyclic) bond motifs is 1. The predicted octanol–water partition coefficient (Wildman–Crippen LogP) is 3.40. The van der Waals surface area contributed by atoms with Crippen LogP contribution in [-0.2, 0) is 19.4 Å². The number of benzene rings is 2. The molecule has 0 saturated carbocycles. The topological polar surface area (TPSA) is 41.6 Å². The number of methoxy groups -OCH3 is 1. The first-order chi connectivity index (χ1) is 11.8. The number of rotatable bonds is 4. The van der Waals surface area contributed by atoms with E-state index in [1.54, 1.807) is 7.11 Å². The van der Waals surface area contributed by atoms with Crippen LogP contribution in [0.25, 0.3) is 0 Å². The third-order valence-corrected chi connectivity index (χ3v) is 4.47. The van der Waals surface area contributed by atoms with Crippen molar-refractivity contribution in [1.82, 2.24) is 10.2 Å². The Kier molecular flexibility index (Phi) is 5.36. The fraction of sp³-hybridized carbons (Fsp3) is 0.350. The number of nitrogens with zero attached hydrogens (tertiary/aromatic N) is 1. The molecule has 24 heavy (non-hydrogen) atoms. The van der Waals surface area contributed by atoms with Crippen molar-refractivity contribution >= 4 is 6.03 Å². The molecule has 2 aromatic carbocycles.